The summed E-state index contributed by atoms with van der Waals surface area (Å²) in [6, 6.07) is 9.66. The highest BCUT2D eigenvalue weighted by Crippen LogP contribution is 2.29. The van der Waals surface area contributed by atoms with Crippen molar-refractivity contribution in [1.82, 2.24) is 44.5 Å². The number of amides is 3. The highest BCUT2D eigenvalue weighted by Gasteiger charge is 2.32. The number of halogens is 3. The van der Waals surface area contributed by atoms with Gasteiger partial charge in [-0.2, -0.15) is 18.3 Å². The Hall–Kier alpha value is -6.71. The van der Waals surface area contributed by atoms with E-state index in [0.717, 1.165) is 22.9 Å². The van der Waals surface area contributed by atoms with Crippen LogP contribution in [0.3, 0.4) is 0 Å². The summed E-state index contributed by atoms with van der Waals surface area (Å²) in [4.78, 5) is 63.0. The molecule has 0 bridgehead atoms. The molecule has 21 heteroatoms. The standard InChI is InChI=1S/C41H44F3N11O7/c1-53-22-29(49-37(57)30-23-62-39(50-30)27-10-11-47-33(18-27)48-24-41(42,43)44)35(52-53)28-17-25(20-46-21-28)19-45-12-14-61-16-15-60-13-4-6-26-5-3-7-31-36(26)54(2)40(59)55(31)32-8-9-34(56)51-38(32)58/h3,5,7,10-11,17-18,20-23,32,45H,4,6,8-9,12-16,19,24H2,1-2H3,(H,47,48)(H,49,57)(H,51,56,58). The molecule has 7 rings (SSSR count). The van der Waals surface area contributed by atoms with Gasteiger partial charge in [0, 0.05) is 76.1 Å². The number of imide groups is 1. The first-order valence-electron chi connectivity index (χ1n) is 19.7. The Morgan fingerprint density at radius 1 is 1.03 bits per heavy atom. The molecule has 62 heavy (non-hydrogen) atoms. The second kappa shape index (κ2) is 19.3. The third-order valence-corrected chi connectivity index (χ3v) is 9.93. The predicted octanol–water partition coefficient (Wildman–Crippen LogP) is 4.15. The topological polar surface area (TPSA) is 214 Å². The summed E-state index contributed by atoms with van der Waals surface area (Å²) in [5.41, 5.74) is 4.79. The second-order valence-electron chi connectivity index (χ2n) is 14.5. The van der Waals surface area contributed by atoms with E-state index in [-0.39, 0.29) is 41.8 Å². The summed E-state index contributed by atoms with van der Waals surface area (Å²) < 4.78 is 59.5. The number of aryl methyl sites for hydroxylation is 3. The number of hydrogen-bond acceptors (Lipinski definition) is 13. The number of rotatable bonds is 19. The summed E-state index contributed by atoms with van der Waals surface area (Å²) in [6.45, 7) is 1.58. The van der Waals surface area contributed by atoms with Gasteiger partial charge in [-0.3, -0.25) is 38.5 Å². The summed E-state index contributed by atoms with van der Waals surface area (Å²) in [7, 11) is 3.40. The maximum absolute atomic E-state index is 13.2. The van der Waals surface area contributed by atoms with E-state index in [1.807, 2.05) is 24.3 Å². The summed E-state index contributed by atoms with van der Waals surface area (Å²) in [5.74, 6) is -1.38. The number of oxazole rings is 1. The van der Waals surface area contributed by atoms with Gasteiger partial charge >= 0.3 is 11.9 Å². The number of carbonyl (C=O) groups excluding carboxylic acids is 3. The lowest BCUT2D eigenvalue weighted by Crippen LogP contribution is -2.44. The third kappa shape index (κ3) is 10.6. The molecule has 1 aromatic carbocycles. The molecule has 4 N–H and O–H groups in total. The van der Waals surface area contributed by atoms with Crippen LogP contribution in [0.15, 0.2) is 76.7 Å². The average Bonchev–Trinajstić information content (AvgIpc) is 3.95. The highest BCUT2D eigenvalue weighted by molar-refractivity contribution is 6.04. The molecule has 0 spiro atoms. The molecule has 0 radical (unpaired) electrons. The quantitative estimate of drug-likeness (QED) is 0.0667. The van der Waals surface area contributed by atoms with Crippen LogP contribution in [0.5, 0.6) is 0 Å². The van der Waals surface area contributed by atoms with E-state index in [9.17, 15) is 32.3 Å². The van der Waals surface area contributed by atoms with Crippen molar-refractivity contribution in [1.29, 1.82) is 0 Å². The number of fused-ring (bicyclic) bond motifs is 1. The third-order valence-electron chi connectivity index (χ3n) is 9.93. The molecule has 1 unspecified atom stereocenters. The zero-order valence-corrected chi connectivity index (χ0v) is 33.8. The number of pyridine rings is 2. The molecule has 6 heterocycles. The summed E-state index contributed by atoms with van der Waals surface area (Å²) >= 11 is 0. The summed E-state index contributed by atoms with van der Waals surface area (Å²) in [5, 5.41) is 15.2. The Kier molecular flexibility index (Phi) is 13.5. The van der Waals surface area contributed by atoms with Crippen molar-refractivity contribution in [2.24, 2.45) is 14.1 Å². The number of carbonyl (C=O) groups is 3. The van der Waals surface area contributed by atoms with E-state index in [2.05, 4.69) is 41.3 Å². The number of nitrogens with one attached hydrogen (secondary N) is 4. The number of benzene rings is 1. The minimum Gasteiger partial charge on any atom is -0.444 e. The second-order valence-corrected chi connectivity index (χ2v) is 14.5. The zero-order chi connectivity index (χ0) is 43.8. The molecule has 18 nitrogen and oxygen atoms in total. The monoisotopic (exact) mass is 859 g/mol. The maximum Gasteiger partial charge on any atom is 0.405 e. The predicted molar refractivity (Wildman–Crippen MR) is 219 cm³/mol. The van der Waals surface area contributed by atoms with Crippen molar-refractivity contribution in [3.05, 3.63) is 94.8 Å². The van der Waals surface area contributed by atoms with Gasteiger partial charge in [0.1, 0.15) is 30.4 Å². The molecule has 1 fully saturated rings. The Morgan fingerprint density at radius 3 is 2.66 bits per heavy atom. The number of piperidine rings is 1. The molecule has 0 aliphatic carbocycles. The number of imidazole rings is 1. The molecule has 3 amide bonds. The zero-order valence-electron chi connectivity index (χ0n) is 33.8. The van der Waals surface area contributed by atoms with Gasteiger partial charge in [-0.25, -0.2) is 14.8 Å². The van der Waals surface area contributed by atoms with Crippen LogP contribution in [0.2, 0.25) is 0 Å². The van der Waals surface area contributed by atoms with E-state index < -0.39 is 30.6 Å². The molecular formula is C41H44F3N11O7. The number of para-hydroxylation sites is 1. The normalized spacial score (nSPS) is 14.4. The van der Waals surface area contributed by atoms with Crippen molar-refractivity contribution < 1.29 is 41.4 Å². The van der Waals surface area contributed by atoms with Crippen LogP contribution in [0.25, 0.3) is 33.7 Å². The summed E-state index contributed by atoms with van der Waals surface area (Å²) in [6.07, 6.45) is 4.88. The fraction of sp³-hybridized carbons (Fsp3) is 0.366. The Morgan fingerprint density at radius 2 is 1.85 bits per heavy atom. The molecule has 1 aliphatic rings. The van der Waals surface area contributed by atoms with Crippen LogP contribution in [-0.2, 0) is 46.1 Å². The largest absolute Gasteiger partial charge is 0.444 e. The highest BCUT2D eigenvalue weighted by atomic mass is 19.4. The van der Waals surface area contributed by atoms with Crippen LogP contribution in [0.1, 0.15) is 46.9 Å². The minimum absolute atomic E-state index is 0.0267. The van der Waals surface area contributed by atoms with E-state index in [1.165, 1.54) is 22.9 Å². The van der Waals surface area contributed by atoms with Crippen molar-refractivity contribution >= 4 is 40.3 Å². The SMILES string of the molecule is Cn1cc(NC(=O)c2coc(-c3ccnc(NCC(F)(F)F)c3)n2)c(-c2cncc(CNCCOCCOCCCc3cccc4c3n(C)c(=O)n4C3CCC(=O)NC3=O)c2)n1. The van der Waals surface area contributed by atoms with Gasteiger partial charge in [-0.05, 0) is 54.7 Å². The lowest BCUT2D eigenvalue weighted by Gasteiger charge is -2.21. The number of anilines is 2. The molecule has 0 saturated carbocycles. The van der Waals surface area contributed by atoms with Crippen LogP contribution in [0.4, 0.5) is 24.7 Å². The van der Waals surface area contributed by atoms with Gasteiger partial charge in [-0.15, -0.1) is 0 Å². The first kappa shape index (κ1) is 43.4. The van der Waals surface area contributed by atoms with Crippen molar-refractivity contribution in [2.45, 2.75) is 44.4 Å². The van der Waals surface area contributed by atoms with E-state index in [4.69, 9.17) is 13.9 Å². The van der Waals surface area contributed by atoms with E-state index in [0.29, 0.717) is 80.4 Å². The van der Waals surface area contributed by atoms with Crippen molar-refractivity contribution in [3.63, 3.8) is 0 Å². The first-order chi connectivity index (χ1) is 29.8. The van der Waals surface area contributed by atoms with Gasteiger partial charge in [0.2, 0.25) is 17.7 Å². The van der Waals surface area contributed by atoms with Crippen LogP contribution in [-0.4, -0.2) is 97.3 Å². The lowest BCUT2D eigenvalue weighted by atomic mass is 10.0. The first-order valence-corrected chi connectivity index (χ1v) is 19.7. The Labute approximate surface area is 351 Å². The van der Waals surface area contributed by atoms with Gasteiger partial charge in [0.25, 0.3) is 5.91 Å². The fourth-order valence-corrected chi connectivity index (χ4v) is 7.07. The van der Waals surface area contributed by atoms with Crippen molar-refractivity contribution in [2.75, 3.05) is 50.2 Å². The van der Waals surface area contributed by atoms with Crippen molar-refractivity contribution in [3.8, 4) is 22.7 Å². The molecule has 1 atom stereocenters. The fourth-order valence-electron chi connectivity index (χ4n) is 7.07. The molecule has 326 valence electrons. The number of alkyl halides is 3. The van der Waals surface area contributed by atoms with Crippen LogP contribution >= 0.6 is 0 Å². The number of hydrogen-bond donors (Lipinski definition) is 4. The smallest absolute Gasteiger partial charge is 0.405 e. The number of aromatic nitrogens is 7. The van der Waals surface area contributed by atoms with Gasteiger partial charge in [-0.1, -0.05) is 12.1 Å². The molecule has 1 saturated heterocycles. The molecule has 5 aromatic heterocycles. The Balaban J connectivity index is 0.823. The molecule has 1 aliphatic heterocycles. The number of ether oxygens (including phenoxy) is 2. The van der Waals surface area contributed by atoms with Crippen LogP contribution < -0.4 is 27.0 Å². The number of nitrogens with zero attached hydrogens (tertiary/aromatic N) is 7. The van der Waals surface area contributed by atoms with E-state index >= 15 is 0 Å². The maximum atomic E-state index is 13.2. The lowest BCUT2D eigenvalue weighted by molar-refractivity contribution is -0.135. The average molecular weight is 860 g/mol. The van der Waals surface area contributed by atoms with Crippen LogP contribution in [0, 0.1) is 0 Å². The minimum atomic E-state index is -4.42. The van der Waals surface area contributed by atoms with Gasteiger partial charge in [0.15, 0.2) is 5.69 Å². The van der Waals surface area contributed by atoms with Gasteiger partial charge < -0.3 is 29.8 Å². The van der Waals surface area contributed by atoms with E-state index in [1.54, 1.807) is 41.9 Å². The Bertz CT molecular complexity index is 2620. The van der Waals surface area contributed by atoms with Gasteiger partial charge in [0.05, 0.1) is 36.5 Å². The molecule has 6 aromatic rings. The molecular weight excluding hydrogens is 816 g/mol.